The van der Waals surface area contributed by atoms with Crippen LogP contribution in [0.2, 0.25) is 5.02 Å². The molecular weight excluding hydrogens is 910 g/mol. The van der Waals surface area contributed by atoms with Crippen LogP contribution >= 0.6 is 11.6 Å². The third-order valence-electron chi connectivity index (χ3n) is 14.3. The number of rotatable bonds is 25. The van der Waals surface area contributed by atoms with Crippen molar-refractivity contribution in [3.8, 4) is 17.6 Å². The van der Waals surface area contributed by atoms with Crippen LogP contribution in [0, 0.1) is 33.5 Å². The standard InChI is InChI=1S/C55H76ClN5O9/c1-10-36(2)48(62)58-46(53(3,4)5)35-61-23-13-16-44(61)50(64)59-47-42-15-12-11-14-38(42)32-45(47)69-31-29-67-27-25-65-24-26-66-28-30-68-40-20-17-37(18-21-40)49(63)60-51-54(6,7)52(55(51,8)9)70-41-22-19-39(34-57)43(56)33-41/h11-12,14-15,17-22,33,36,44-47,51-52H,10,13,16,23-32,35H2,1-9H3,(H,58,62)(H,59,64)(H,60,63)/t36-,44+,45-,46-,47+,51?,52?/m1/s1. The molecule has 0 aromatic heterocycles. The molecule has 0 bridgehead atoms. The second kappa shape index (κ2) is 24.6. The third-order valence-corrected chi connectivity index (χ3v) is 14.6. The minimum absolute atomic E-state index is 0.00149. The molecule has 3 N–H and O–H groups in total. The van der Waals surface area contributed by atoms with Crippen molar-refractivity contribution in [3.05, 3.63) is 94.0 Å². The molecule has 15 heteroatoms. The lowest BCUT2D eigenvalue weighted by atomic mass is 9.49. The van der Waals surface area contributed by atoms with E-state index in [0.717, 1.165) is 31.4 Å². The first-order valence-electron chi connectivity index (χ1n) is 25.0. The number of halogens is 1. The fraction of sp³-hybridized carbons (Fsp3) is 0.600. The Kier molecular flexibility index (Phi) is 19.2. The van der Waals surface area contributed by atoms with Gasteiger partial charge < -0.3 is 44.4 Å². The first-order valence-corrected chi connectivity index (χ1v) is 25.4. The van der Waals surface area contributed by atoms with E-state index in [4.69, 9.17) is 40.0 Å². The second-order valence-corrected chi connectivity index (χ2v) is 21.6. The highest BCUT2D eigenvalue weighted by Crippen LogP contribution is 2.55. The van der Waals surface area contributed by atoms with Gasteiger partial charge in [-0.2, -0.15) is 5.26 Å². The Bertz CT molecular complexity index is 2240. The molecule has 3 amide bonds. The number of nitriles is 1. The van der Waals surface area contributed by atoms with Gasteiger partial charge in [-0.05, 0) is 78.7 Å². The maximum absolute atomic E-state index is 14.0. The zero-order valence-electron chi connectivity index (χ0n) is 42.7. The Labute approximate surface area is 420 Å². The van der Waals surface area contributed by atoms with E-state index >= 15 is 0 Å². The van der Waals surface area contributed by atoms with Crippen LogP contribution in [0.25, 0.3) is 0 Å². The molecule has 6 rings (SSSR count). The van der Waals surface area contributed by atoms with E-state index in [1.54, 1.807) is 42.5 Å². The number of nitrogens with one attached hydrogen (secondary N) is 3. The van der Waals surface area contributed by atoms with Gasteiger partial charge in [0.05, 0.1) is 75.0 Å². The van der Waals surface area contributed by atoms with Crippen LogP contribution in [0.5, 0.6) is 11.5 Å². The van der Waals surface area contributed by atoms with Gasteiger partial charge in [0.15, 0.2) is 0 Å². The van der Waals surface area contributed by atoms with Crippen LogP contribution in [0.15, 0.2) is 66.7 Å². The molecule has 5 atom stereocenters. The summed E-state index contributed by atoms with van der Waals surface area (Å²) < 4.78 is 35.8. The van der Waals surface area contributed by atoms with E-state index in [0.29, 0.717) is 93.5 Å². The van der Waals surface area contributed by atoms with E-state index in [1.165, 1.54) is 5.56 Å². The summed E-state index contributed by atoms with van der Waals surface area (Å²) in [5.74, 6) is 1.05. The normalized spacial score (nSPS) is 22.2. The number of carbonyl (C=O) groups is 3. The van der Waals surface area contributed by atoms with Crippen molar-refractivity contribution in [1.82, 2.24) is 20.9 Å². The molecule has 3 aliphatic rings. The van der Waals surface area contributed by atoms with Crippen molar-refractivity contribution in [1.29, 1.82) is 5.26 Å². The lowest BCUT2D eigenvalue weighted by molar-refractivity contribution is -0.164. The summed E-state index contributed by atoms with van der Waals surface area (Å²) in [4.78, 5) is 42.5. The summed E-state index contributed by atoms with van der Waals surface area (Å²) in [6, 6.07) is 21.6. The summed E-state index contributed by atoms with van der Waals surface area (Å²) in [5.41, 5.74) is 2.27. The van der Waals surface area contributed by atoms with Crippen LogP contribution in [0.4, 0.5) is 0 Å². The van der Waals surface area contributed by atoms with Gasteiger partial charge in [0.2, 0.25) is 11.8 Å². The topological polar surface area (TPSA) is 170 Å². The zero-order chi connectivity index (χ0) is 50.6. The van der Waals surface area contributed by atoms with Gasteiger partial charge in [-0.1, -0.05) is 98.2 Å². The number of fused-ring (bicyclic) bond motifs is 1. The Hall–Kier alpha value is -4.75. The Morgan fingerprint density at radius 2 is 1.49 bits per heavy atom. The molecule has 1 heterocycles. The fourth-order valence-electron chi connectivity index (χ4n) is 10.3. The lowest BCUT2D eigenvalue weighted by Gasteiger charge is -2.63. The number of amides is 3. The molecule has 70 heavy (non-hydrogen) atoms. The smallest absolute Gasteiger partial charge is 0.251 e. The highest BCUT2D eigenvalue weighted by atomic mass is 35.5. The molecule has 2 fully saturated rings. The summed E-state index contributed by atoms with van der Waals surface area (Å²) in [7, 11) is 0. The van der Waals surface area contributed by atoms with Gasteiger partial charge in [0.1, 0.15) is 30.3 Å². The first kappa shape index (κ1) is 54.6. The maximum Gasteiger partial charge on any atom is 0.251 e. The van der Waals surface area contributed by atoms with Crippen molar-refractivity contribution in [3.63, 3.8) is 0 Å². The van der Waals surface area contributed by atoms with Gasteiger partial charge in [0, 0.05) is 53.4 Å². The van der Waals surface area contributed by atoms with Crippen LogP contribution in [0.3, 0.4) is 0 Å². The second-order valence-electron chi connectivity index (χ2n) is 21.2. The number of hydrogen-bond donors (Lipinski definition) is 3. The largest absolute Gasteiger partial charge is 0.491 e. The molecule has 0 spiro atoms. The molecule has 14 nitrogen and oxygen atoms in total. The van der Waals surface area contributed by atoms with E-state index in [-0.39, 0.29) is 76.3 Å². The molecule has 0 unspecified atom stereocenters. The predicted molar refractivity (Wildman–Crippen MR) is 270 cm³/mol. The lowest BCUT2D eigenvalue weighted by Crippen LogP contribution is -2.74. The van der Waals surface area contributed by atoms with E-state index < -0.39 is 0 Å². The van der Waals surface area contributed by atoms with E-state index in [1.807, 2.05) is 26.0 Å². The molecule has 3 aromatic carbocycles. The van der Waals surface area contributed by atoms with Gasteiger partial charge in [0.25, 0.3) is 5.91 Å². The average molecular weight is 987 g/mol. The molecule has 1 saturated carbocycles. The quantitative estimate of drug-likeness (QED) is 0.0702. The number of nitrogens with zero attached hydrogens (tertiary/aromatic N) is 2. The van der Waals surface area contributed by atoms with Crippen molar-refractivity contribution in [2.75, 3.05) is 65.9 Å². The van der Waals surface area contributed by atoms with Crippen molar-refractivity contribution < 1.29 is 42.8 Å². The summed E-state index contributed by atoms with van der Waals surface area (Å²) in [6.07, 6.45) is 2.79. The molecule has 1 saturated heterocycles. The Balaban J connectivity index is 0.828. The minimum atomic E-state index is -0.372. The number of likely N-dealkylation sites (tertiary alicyclic amines) is 1. The highest BCUT2D eigenvalue weighted by molar-refractivity contribution is 6.31. The minimum Gasteiger partial charge on any atom is -0.491 e. The molecular formula is C55H76ClN5O9. The SMILES string of the molecule is CC[C@@H](C)C(=O)N[C@H](CN1CCC[C@H]1C(=O)N[C@H]1c2ccccc2C[C@H]1OCCOCCOCCOCCOc1ccc(C(=O)NC2C(C)(C)C(Oc3ccc(C#N)c(Cl)c3)C2(C)C)cc1)C(C)(C)C. The molecule has 1 aliphatic heterocycles. The molecule has 3 aromatic rings. The zero-order valence-corrected chi connectivity index (χ0v) is 43.5. The molecule has 382 valence electrons. The average Bonchev–Trinajstić information content (AvgIpc) is 3.94. The van der Waals surface area contributed by atoms with Crippen LogP contribution in [0.1, 0.15) is 115 Å². The van der Waals surface area contributed by atoms with Crippen molar-refractivity contribution >= 4 is 29.3 Å². The Morgan fingerprint density at radius 3 is 2.11 bits per heavy atom. The first-order chi connectivity index (χ1) is 33.3. The van der Waals surface area contributed by atoms with E-state index in [2.05, 4.69) is 87.5 Å². The van der Waals surface area contributed by atoms with Crippen LogP contribution in [-0.2, 0) is 35.0 Å². The third kappa shape index (κ3) is 13.8. The van der Waals surface area contributed by atoms with Crippen LogP contribution in [-0.4, -0.2) is 119 Å². The van der Waals surface area contributed by atoms with Gasteiger partial charge >= 0.3 is 0 Å². The van der Waals surface area contributed by atoms with Gasteiger partial charge in [-0.15, -0.1) is 0 Å². The number of ether oxygens (including phenoxy) is 6. The number of hydrogen-bond acceptors (Lipinski definition) is 11. The Morgan fingerprint density at radius 1 is 0.857 bits per heavy atom. The molecule has 2 aliphatic carbocycles. The predicted octanol–water partition coefficient (Wildman–Crippen LogP) is 8.09. The van der Waals surface area contributed by atoms with Crippen molar-refractivity contribution in [2.24, 2.45) is 22.2 Å². The number of carbonyl (C=O) groups excluding carboxylic acids is 3. The van der Waals surface area contributed by atoms with Gasteiger partial charge in [-0.3, -0.25) is 19.3 Å². The highest BCUT2D eigenvalue weighted by Gasteiger charge is 2.64. The monoisotopic (exact) mass is 986 g/mol. The van der Waals surface area contributed by atoms with Crippen molar-refractivity contribution in [2.45, 2.75) is 124 Å². The van der Waals surface area contributed by atoms with Gasteiger partial charge in [-0.25, -0.2) is 0 Å². The summed E-state index contributed by atoms with van der Waals surface area (Å²) in [5, 5.41) is 19.4. The molecule has 0 radical (unpaired) electrons. The van der Waals surface area contributed by atoms with E-state index in [9.17, 15) is 19.6 Å². The maximum atomic E-state index is 14.0. The summed E-state index contributed by atoms with van der Waals surface area (Å²) >= 11 is 6.24. The summed E-state index contributed by atoms with van der Waals surface area (Å²) in [6.45, 7) is 23.3. The number of benzene rings is 3. The fourth-order valence-corrected chi connectivity index (χ4v) is 10.5. The van der Waals surface area contributed by atoms with Crippen LogP contribution < -0.4 is 25.4 Å².